The van der Waals surface area contributed by atoms with Gasteiger partial charge in [-0.05, 0) is 49.2 Å². The Kier molecular flexibility index (Phi) is 17.3. The summed E-state index contributed by atoms with van der Waals surface area (Å²) in [4.78, 5) is 80.4. The second-order valence-corrected chi connectivity index (χ2v) is 16.1. The van der Waals surface area contributed by atoms with Crippen molar-refractivity contribution < 1.29 is 54.2 Å². The lowest BCUT2D eigenvalue weighted by Crippen LogP contribution is -2.61. The number of carbonyl (C=O) groups excluding carboxylic acids is 3. The Hall–Kier alpha value is -5.88. The Morgan fingerprint density at radius 1 is 0.803 bits per heavy atom. The van der Waals surface area contributed by atoms with Crippen molar-refractivity contribution in [3.8, 4) is 0 Å². The molecule has 2 fully saturated rings. The Bertz CT molecular complexity index is 2080. The van der Waals surface area contributed by atoms with E-state index < -0.39 is 45.8 Å². The maximum Gasteiger partial charge on any atom is 0.356 e. The number of hydrogen-bond donors (Lipinski definition) is 6. The first kappa shape index (κ1) is 47.8. The van der Waals surface area contributed by atoms with E-state index in [1.807, 2.05) is 0 Å². The van der Waals surface area contributed by atoms with Crippen molar-refractivity contribution in [1.82, 2.24) is 9.80 Å². The smallest absolute Gasteiger partial charge is 0.356 e. The van der Waals surface area contributed by atoms with Gasteiger partial charge in [0.1, 0.15) is 18.0 Å². The van der Waals surface area contributed by atoms with E-state index in [9.17, 15) is 54.7 Å². The van der Waals surface area contributed by atoms with Crippen LogP contribution in [0.4, 0.5) is 11.4 Å². The fraction of sp³-hybridized carbons (Fsp3) is 0.421. The fourth-order valence-electron chi connectivity index (χ4n) is 6.96. The van der Waals surface area contributed by atoms with Gasteiger partial charge >= 0.3 is 11.9 Å². The lowest BCUT2D eigenvalue weighted by atomic mass is 9.83. The third-order valence-corrected chi connectivity index (χ3v) is 12.0. The third kappa shape index (κ3) is 11.5. The highest BCUT2D eigenvalue weighted by atomic mass is 32.2. The maximum atomic E-state index is 12.8. The van der Waals surface area contributed by atoms with Crippen LogP contribution < -0.4 is 11.5 Å². The van der Waals surface area contributed by atoms with Crippen LogP contribution in [-0.2, 0) is 37.1 Å². The average molecular weight is 887 g/mol. The number of rotatable bonds is 17. The summed E-state index contributed by atoms with van der Waals surface area (Å²) in [6.07, 6.45) is 1.82. The monoisotopic (exact) mass is 886 g/mol. The molecular formula is C38H46N8O13S2. The standard InChI is InChI=1S/C19H22N4O6S.C12H17N3O4S.C7H7NO3/c1-11(24)16-14-8-15(30-7-6-21-10-20)17(22(14)18(16)25)19(26)29-9-12-2-4-13(5-3-12)23(27)28;1-6(16)9-7-4-8(20-3-2-14-5-13)10(12(18)19)15(7)11(9)17;9-5-6-1-3-7(4-2-6)8(10)11/h2-5,10-11,14,16,24H,6-9H2,1H3,(H2,20,21);5-7,9,16H,2-4H2,1H3,(H2,13,14)(H,18,19);1-4,9H,5H2/t11-,14-,16-;6-,7-,9-;/m11./s1. The number of esters is 1. The number of benzene rings is 2. The van der Waals surface area contributed by atoms with Crippen LogP contribution in [0, 0.1) is 32.1 Å². The largest absolute Gasteiger partial charge is 0.477 e. The molecule has 2 aromatic carbocycles. The Morgan fingerprint density at radius 2 is 1.21 bits per heavy atom. The molecular weight excluding hydrogens is 841 g/mol. The minimum absolute atomic E-state index is 0.0437. The molecule has 328 valence electrons. The van der Waals surface area contributed by atoms with Crippen LogP contribution in [0.5, 0.6) is 0 Å². The number of hydrogen-bond acceptors (Lipinski definition) is 16. The first-order valence-corrected chi connectivity index (χ1v) is 20.7. The molecule has 4 aliphatic heterocycles. The molecule has 0 bridgehead atoms. The van der Waals surface area contributed by atoms with Crippen LogP contribution in [0.25, 0.3) is 0 Å². The Labute approximate surface area is 357 Å². The van der Waals surface area contributed by atoms with E-state index in [1.165, 1.54) is 94.5 Å². The van der Waals surface area contributed by atoms with Crippen LogP contribution in [0.3, 0.4) is 0 Å². The number of β-lactam (4-membered cyclic amide) rings is 2. The highest BCUT2D eigenvalue weighted by Gasteiger charge is 2.58. The summed E-state index contributed by atoms with van der Waals surface area (Å²) in [6, 6.07) is 11.0. The van der Waals surface area contributed by atoms with Crippen molar-refractivity contribution in [1.29, 1.82) is 0 Å². The number of nitrogens with zero attached hydrogens (tertiary/aromatic N) is 6. The number of amides is 2. The summed E-state index contributed by atoms with van der Waals surface area (Å²) < 4.78 is 5.38. The van der Waals surface area contributed by atoms with Gasteiger partial charge in [0.2, 0.25) is 11.8 Å². The maximum absolute atomic E-state index is 12.8. The molecule has 6 atom stereocenters. The zero-order chi connectivity index (χ0) is 45.0. The van der Waals surface area contributed by atoms with Crippen molar-refractivity contribution in [3.63, 3.8) is 0 Å². The number of fused-ring (bicyclic) bond motifs is 2. The molecule has 8 N–H and O–H groups in total. The highest BCUT2D eigenvalue weighted by molar-refractivity contribution is 8.03. The summed E-state index contributed by atoms with van der Waals surface area (Å²) in [5, 5.41) is 58.2. The van der Waals surface area contributed by atoms with Gasteiger partial charge in [0.25, 0.3) is 11.4 Å². The number of aliphatic carboxylic acids is 1. The predicted octanol–water partition coefficient (Wildman–Crippen LogP) is 1.88. The lowest BCUT2D eigenvalue weighted by Gasteiger charge is -2.44. The molecule has 2 amide bonds. The SMILES string of the molecule is C[C@@H](O)[C@H]1C(=O)N2C(C(=O)O)=C(SCCN=CN)C[C@H]12.C[C@@H](O)[C@H]1C(=O)N2C(C(=O)OCc3ccc([N+](=O)[O-])cc3)=C(SCCN=CN)C[C@H]12.O=[N+]([O-])c1ccc(CO)cc1. The van der Waals surface area contributed by atoms with Crippen LogP contribution >= 0.6 is 23.5 Å². The third-order valence-electron chi connectivity index (χ3n) is 9.82. The summed E-state index contributed by atoms with van der Waals surface area (Å²) in [5.41, 5.74) is 11.9. The highest BCUT2D eigenvalue weighted by Crippen LogP contribution is 2.48. The molecule has 4 heterocycles. The Morgan fingerprint density at radius 3 is 1.59 bits per heavy atom. The number of nitro groups is 2. The van der Waals surface area contributed by atoms with Crippen LogP contribution in [0.15, 0.2) is 79.7 Å². The quantitative estimate of drug-likeness (QED) is 0.0251. The van der Waals surface area contributed by atoms with Crippen molar-refractivity contribution in [2.24, 2.45) is 33.3 Å². The van der Waals surface area contributed by atoms with Crippen LogP contribution in [0.1, 0.15) is 37.8 Å². The molecule has 2 saturated heterocycles. The van der Waals surface area contributed by atoms with E-state index in [0.717, 1.165) is 4.91 Å². The number of carbonyl (C=O) groups is 4. The number of aliphatic hydroxyl groups excluding tert-OH is 3. The van der Waals surface area contributed by atoms with E-state index in [0.29, 0.717) is 53.5 Å². The molecule has 0 spiro atoms. The molecule has 4 aliphatic rings. The molecule has 0 radical (unpaired) electrons. The number of aliphatic imine (C=N–C) groups is 2. The molecule has 0 saturated carbocycles. The molecule has 21 nitrogen and oxygen atoms in total. The zero-order valence-electron chi connectivity index (χ0n) is 33.0. The van der Waals surface area contributed by atoms with E-state index >= 15 is 0 Å². The number of ether oxygens (including phenoxy) is 1. The fourth-order valence-corrected chi connectivity index (χ4v) is 9.06. The number of aliphatic hydroxyl groups is 3. The molecule has 23 heteroatoms. The summed E-state index contributed by atoms with van der Waals surface area (Å²) >= 11 is 2.79. The van der Waals surface area contributed by atoms with Gasteiger partial charge in [-0.15, -0.1) is 23.5 Å². The average Bonchev–Trinajstić information content (AvgIpc) is 3.73. The van der Waals surface area contributed by atoms with E-state index in [-0.39, 0.29) is 59.9 Å². The molecule has 2 aromatic rings. The van der Waals surface area contributed by atoms with Gasteiger partial charge < -0.3 is 46.4 Å². The van der Waals surface area contributed by atoms with E-state index in [1.54, 1.807) is 13.8 Å². The number of carboxylic acid groups (broad SMARTS) is 1. The number of non-ortho nitro benzene ring substituents is 2. The Balaban J connectivity index is 0.000000226. The number of nitro benzene ring substituents is 2. The second kappa shape index (κ2) is 22.1. The second-order valence-electron chi connectivity index (χ2n) is 13.7. The minimum Gasteiger partial charge on any atom is -0.477 e. The number of carboxylic acids is 1. The summed E-state index contributed by atoms with van der Waals surface area (Å²) in [7, 11) is 0. The summed E-state index contributed by atoms with van der Waals surface area (Å²) in [6.45, 7) is 3.92. The first-order chi connectivity index (χ1) is 29.1. The molecule has 6 rings (SSSR count). The predicted molar refractivity (Wildman–Crippen MR) is 224 cm³/mol. The van der Waals surface area contributed by atoms with Crippen molar-refractivity contribution >= 4 is 71.3 Å². The van der Waals surface area contributed by atoms with Crippen LogP contribution in [0.2, 0.25) is 0 Å². The van der Waals surface area contributed by atoms with Crippen LogP contribution in [-0.4, -0.2) is 125 Å². The van der Waals surface area contributed by atoms with E-state index in [2.05, 4.69) is 9.98 Å². The lowest BCUT2D eigenvalue weighted by molar-refractivity contribution is -0.385. The molecule has 0 aliphatic carbocycles. The molecule has 61 heavy (non-hydrogen) atoms. The molecule has 0 unspecified atom stereocenters. The number of thioether (sulfide) groups is 2. The van der Waals surface area contributed by atoms with Gasteiger partial charge in [-0.3, -0.25) is 39.8 Å². The van der Waals surface area contributed by atoms with Gasteiger partial charge in [-0.25, -0.2) is 9.59 Å². The topological polar surface area (TPSA) is 328 Å². The summed E-state index contributed by atoms with van der Waals surface area (Å²) in [5.74, 6) is -2.20. The van der Waals surface area contributed by atoms with Gasteiger partial charge in [-0.2, -0.15) is 0 Å². The van der Waals surface area contributed by atoms with Gasteiger partial charge in [0.15, 0.2) is 0 Å². The normalized spacial score (nSPS) is 21.1. The van der Waals surface area contributed by atoms with Gasteiger partial charge in [-0.1, -0.05) is 0 Å². The first-order valence-electron chi connectivity index (χ1n) is 18.7. The van der Waals surface area contributed by atoms with Crippen molar-refractivity contribution in [3.05, 3.63) is 101 Å². The number of nitrogens with two attached hydrogens (primary N) is 2. The van der Waals surface area contributed by atoms with Crippen molar-refractivity contribution in [2.75, 3.05) is 24.6 Å². The zero-order valence-corrected chi connectivity index (χ0v) is 34.6. The molecule has 0 aromatic heterocycles. The minimum atomic E-state index is -1.10. The van der Waals surface area contributed by atoms with Gasteiger partial charge in [0.05, 0.1) is 78.3 Å². The van der Waals surface area contributed by atoms with E-state index in [4.69, 9.17) is 21.3 Å². The van der Waals surface area contributed by atoms with Crippen molar-refractivity contribution in [2.45, 2.75) is 64.2 Å². The van der Waals surface area contributed by atoms with Gasteiger partial charge in [0, 0.05) is 58.4 Å².